The molecule has 5 heteroatoms. The molecule has 0 saturated carbocycles. The number of benzene rings is 1. The van der Waals surface area contributed by atoms with Gasteiger partial charge in [-0.3, -0.25) is 4.90 Å². The molecule has 1 N–H and O–H groups in total. The fourth-order valence-corrected chi connectivity index (χ4v) is 2.30. The molecule has 1 aromatic rings. The number of halogens is 3. The number of hydrogen-bond acceptors (Lipinski definition) is 2. The Morgan fingerprint density at radius 3 is 2.33 bits per heavy atom. The molecule has 2 nitrogen and oxygen atoms in total. The summed E-state index contributed by atoms with van der Waals surface area (Å²) in [5.41, 5.74) is 1.13. The molecule has 0 bridgehead atoms. The van der Waals surface area contributed by atoms with E-state index in [0.29, 0.717) is 19.5 Å². The summed E-state index contributed by atoms with van der Waals surface area (Å²) in [5.74, 6) is 0. The first-order valence-corrected chi connectivity index (χ1v) is 7.53. The van der Waals surface area contributed by atoms with Crippen molar-refractivity contribution in [2.45, 2.75) is 38.9 Å². The molecule has 0 radical (unpaired) electrons. The molecule has 120 valence electrons. The maximum Gasteiger partial charge on any atom is 0.401 e. The molecular formula is C16H25F3N2. The van der Waals surface area contributed by atoms with Crippen molar-refractivity contribution in [2.75, 3.05) is 26.2 Å². The van der Waals surface area contributed by atoms with Gasteiger partial charge in [-0.15, -0.1) is 0 Å². The van der Waals surface area contributed by atoms with Gasteiger partial charge in [0.1, 0.15) is 0 Å². The van der Waals surface area contributed by atoms with E-state index in [0.717, 1.165) is 18.5 Å². The van der Waals surface area contributed by atoms with Crippen LogP contribution in [0.5, 0.6) is 0 Å². The first-order valence-electron chi connectivity index (χ1n) is 7.53. The molecule has 0 aliphatic rings. The van der Waals surface area contributed by atoms with Gasteiger partial charge in [0.2, 0.25) is 0 Å². The second-order valence-electron chi connectivity index (χ2n) is 5.19. The monoisotopic (exact) mass is 302 g/mol. The minimum Gasteiger partial charge on any atom is -0.310 e. The lowest BCUT2D eigenvalue weighted by atomic mass is 10.0. The Hall–Kier alpha value is -1.07. The van der Waals surface area contributed by atoms with Crippen molar-refractivity contribution in [3.05, 3.63) is 35.9 Å². The molecule has 0 aliphatic carbocycles. The lowest BCUT2D eigenvalue weighted by Crippen LogP contribution is -2.36. The van der Waals surface area contributed by atoms with Gasteiger partial charge in [0.05, 0.1) is 6.54 Å². The summed E-state index contributed by atoms with van der Waals surface area (Å²) in [6.45, 7) is 4.73. The highest BCUT2D eigenvalue weighted by Gasteiger charge is 2.30. The van der Waals surface area contributed by atoms with Crippen LogP contribution in [0.1, 0.15) is 38.3 Å². The van der Waals surface area contributed by atoms with Gasteiger partial charge in [-0.1, -0.05) is 44.2 Å². The van der Waals surface area contributed by atoms with Crippen molar-refractivity contribution in [3.8, 4) is 0 Å². The molecule has 0 aliphatic heterocycles. The van der Waals surface area contributed by atoms with Gasteiger partial charge in [0.25, 0.3) is 0 Å². The van der Waals surface area contributed by atoms with Crippen LogP contribution in [0.3, 0.4) is 0 Å². The fourth-order valence-electron chi connectivity index (χ4n) is 2.30. The molecular weight excluding hydrogens is 277 g/mol. The third-order valence-corrected chi connectivity index (χ3v) is 3.43. The molecule has 21 heavy (non-hydrogen) atoms. The lowest BCUT2D eigenvalue weighted by Gasteiger charge is -2.25. The van der Waals surface area contributed by atoms with E-state index < -0.39 is 12.7 Å². The molecule has 0 spiro atoms. The Kier molecular flexibility index (Phi) is 7.75. The summed E-state index contributed by atoms with van der Waals surface area (Å²) in [6.07, 6.45) is -2.45. The third-order valence-electron chi connectivity index (χ3n) is 3.43. The van der Waals surface area contributed by atoms with Crippen LogP contribution in [0.2, 0.25) is 0 Å². The summed E-state index contributed by atoms with van der Waals surface area (Å²) in [4.78, 5) is 1.45. The predicted molar refractivity (Wildman–Crippen MR) is 80.3 cm³/mol. The van der Waals surface area contributed by atoms with Crippen molar-refractivity contribution >= 4 is 0 Å². The van der Waals surface area contributed by atoms with Gasteiger partial charge in [0, 0.05) is 12.6 Å². The van der Waals surface area contributed by atoms with Crippen LogP contribution >= 0.6 is 0 Å². The Morgan fingerprint density at radius 1 is 1.14 bits per heavy atom. The van der Waals surface area contributed by atoms with Crippen LogP contribution in [-0.4, -0.2) is 37.3 Å². The first-order chi connectivity index (χ1) is 9.96. The highest BCUT2D eigenvalue weighted by atomic mass is 19.4. The zero-order valence-electron chi connectivity index (χ0n) is 12.8. The number of nitrogens with one attached hydrogen (secondary N) is 1. The number of hydrogen-bond donors (Lipinski definition) is 1. The van der Waals surface area contributed by atoms with E-state index in [1.54, 1.807) is 6.92 Å². The van der Waals surface area contributed by atoms with Crippen molar-refractivity contribution in [3.63, 3.8) is 0 Å². The van der Waals surface area contributed by atoms with Gasteiger partial charge in [0.15, 0.2) is 0 Å². The highest BCUT2D eigenvalue weighted by Crippen LogP contribution is 2.20. The minimum atomic E-state index is -4.13. The zero-order valence-corrected chi connectivity index (χ0v) is 12.8. The normalized spacial score (nSPS) is 13.6. The molecule has 1 unspecified atom stereocenters. The smallest absolute Gasteiger partial charge is 0.310 e. The lowest BCUT2D eigenvalue weighted by molar-refractivity contribution is -0.145. The van der Waals surface area contributed by atoms with Crippen LogP contribution in [0.25, 0.3) is 0 Å². The molecule has 0 fully saturated rings. The van der Waals surface area contributed by atoms with Crippen LogP contribution in [0.15, 0.2) is 30.3 Å². The quantitative estimate of drug-likeness (QED) is 0.741. The average Bonchev–Trinajstić information content (AvgIpc) is 2.45. The van der Waals surface area contributed by atoms with Gasteiger partial charge < -0.3 is 5.32 Å². The van der Waals surface area contributed by atoms with E-state index >= 15 is 0 Å². The van der Waals surface area contributed by atoms with E-state index in [2.05, 4.69) is 12.2 Å². The van der Waals surface area contributed by atoms with Gasteiger partial charge in [-0.25, -0.2) is 0 Å². The summed E-state index contributed by atoms with van der Waals surface area (Å²) in [7, 11) is 0. The second-order valence-corrected chi connectivity index (χ2v) is 5.19. The van der Waals surface area contributed by atoms with Crippen LogP contribution in [-0.2, 0) is 0 Å². The van der Waals surface area contributed by atoms with Crippen molar-refractivity contribution in [1.29, 1.82) is 0 Å². The second kappa shape index (κ2) is 9.05. The zero-order chi connectivity index (χ0) is 15.7. The summed E-state index contributed by atoms with van der Waals surface area (Å²) >= 11 is 0. The van der Waals surface area contributed by atoms with E-state index in [1.807, 2.05) is 30.3 Å². The number of nitrogens with zero attached hydrogens (tertiary/aromatic N) is 1. The van der Waals surface area contributed by atoms with E-state index in [4.69, 9.17) is 0 Å². The number of alkyl halides is 3. The fraction of sp³-hybridized carbons (Fsp3) is 0.625. The van der Waals surface area contributed by atoms with Crippen molar-refractivity contribution < 1.29 is 13.2 Å². The van der Waals surface area contributed by atoms with Gasteiger partial charge in [-0.2, -0.15) is 13.2 Å². The summed E-state index contributed by atoms with van der Waals surface area (Å²) in [5, 5.41) is 3.42. The Labute approximate surface area is 125 Å². The van der Waals surface area contributed by atoms with E-state index in [-0.39, 0.29) is 6.04 Å². The largest absolute Gasteiger partial charge is 0.401 e. The molecule has 1 rings (SSSR count). The van der Waals surface area contributed by atoms with Crippen molar-refractivity contribution in [1.82, 2.24) is 10.2 Å². The van der Waals surface area contributed by atoms with Crippen LogP contribution in [0.4, 0.5) is 13.2 Å². The number of rotatable bonds is 9. The minimum absolute atomic E-state index is 0.105. The molecule has 1 aromatic carbocycles. The van der Waals surface area contributed by atoms with Gasteiger partial charge in [-0.05, 0) is 31.5 Å². The Bertz CT molecular complexity index is 379. The molecule has 0 amide bonds. The SMILES string of the molecule is CCCNC(CCN(CC)CC(F)(F)F)c1ccccc1. The van der Waals surface area contributed by atoms with E-state index in [1.165, 1.54) is 4.90 Å². The maximum absolute atomic E-state index is 12.5. The van der Waals surface area contributed by atoms with Gasteiger partial charge >= 0.3 is 6.18 Å². The third kappa shape index (κ3) is 7.48. The molecule has 1 atom stereocenters. The topological polar surface area (TPSA) is 15.3 Å². The average molecular weight is 302 g/mol. The molecule has 0 saturated heterocycles. The highest BCUT2D eigenvalue weighted by molar-refractivity contribution is 5.18. The first kappa shape index (κ1) is 18.0. The summed E-state index contributed by atoms with van der Waals surface area (Å²) in [6, 6.07) is 10.0. The van der Waals surface area contributed by atoms with Crippen LogP contribution in [0, 0.1) is 0 Å². The predicted octanol–water partition coefficient (Wildman–Crippen LogP) is 4.00. The van der Waals surface area contributed by atoms with E-state index in [9.17, 15) is 13.2 Å². The summed E-state index contributed by atoms with van der Waals surface area (Å²) < 4.78 is 37.5. The standard InChI is InChI=1S/C16H25F3N2/c1-3-11-20-15(14-8-6-5-7-9-14)10-12-21(4-2)13-16(17,18)19/h5-9,15,20H,3-4,10-13H2,1-2H3. The Morgan fingerprint density at radius 2 is 1.81 bits per heavy atom. The van der Waals surface area contributed by atoms with Crippen LogP contribution < -0.4 is 5.32 Å². The maximum atomic E-state index is 12.5. The molecule has 0 aromatic heterocycles. The Balaban J connectivity index is 2.60. The van der Waals surface area contributed by atoms with Crippen molar-refractivity contribution in [2.24, 2.45) is 0 Å². The molecule has 0 heterocycles.